The molecular formula is C26H33N3O4. The van der Waals surface area contributed by atoms with E-state index in [-0.39, 0.29) is 36.4 Å². The summed E-state index contributed by atoms with van der Waals surface area (Å²) in [6, 6.07) is 14.5. The molecule has 1 aliphatic heterocycles. The van der Waals surface area contributed by atoms with Crippen LogP contribution >= 0.6 is 0 Å². The Morgan fingerprint density at radius 2 is 1.55 bits per heavy atom. The van der Waals surface area contributed by atoms with E-state index in [0.717, 1.165) is 24.8 Å². The van der Waals surface area contributed by atoms with Gasteiger partial charge in [0.15, 0.2) is 6.61 Å². The van der Waals surface area contributed by atoms with Crippen molar-refractivity contribution in [1.82, 2.24) is 15.1 Å². The Labute approximate surface area is 195 Å². The van der Waals surface area contributed by atoms with Gasteiger partial charge in [-0.15, -0.1) is 0 Å². The summed E-state index contributed by atoms with van der Waals surface area (Å²) in [7, 11) is 3.32. The lowest BCUT2D eigenvalue weighted by molar-refractivity contribution is -0.139. The predicted octanol–water partition coefficient (Wildman–Crippen LogP) is 3.49. The standard InChI is InChI=1S/C26H33N3O4/c1-18-6-5-7-19(2)29(18)24(30)17-33-23-14-12-22(13-15-23)26(32)28(4)16-20-8-10-21(11-9-20)25(31)27-3/h8-15,18-19H,5-7,16-17H2,1-4H3,(H,27,31). The third-order valence-corrected chi connectivity index (χ3v) is 6.15. The number of nitrogens with zero attached hydrogens (tertiary/aromatic N) is 2. The smallest absolute Gasteiger partial charge is 0.260 e. The number of amides is 3. The number of likely N-dealkylation sites (tertiary alicyclic amines) is 1. The lowest BCUT2D eigenvalue weighted by Crippen LogP contribution is -2.49. The summed E-state index contributed by atoms with van der Waals surface area (Å²) in [5, 5.41) is 2.59. The summed E-state index contributed by atoms with van der Waals surface area (Å²) in [6.45, 7) is 4.58. The number of ether oxygens (including phenoxy) is 1. The SMILES string of the molecule is CNC(=O)c1ccc(CN(C)C(=O)c2ccc(OCC(=O)N3C(C)CCCC3C)cc2)cc1. The molecular weight excluding hydrogens is 418 g/mol. The molecule has 176 valence electrons. The third-order valence-electron chi connectivity index (χ3n) is 6.15. The zero-order valence-electron chi connectivity index (χ0n) is 19.8. The van der Waals surface area contributed by atoms with Crippen molar-refractivity contribution in [2.24, 2.45) is 0 Å². The van der Waals surface area contributed by atoms with Crippen LogP contribution in [-0.4, -0.2) is 60.3 Å². The highest BCUT2D eigenvalue weighted by Crippen LogP contribution is 2.23. The second-order valence-electron chi connectivity index (χ2n) is 8.68. The van der Waals surface area contributed by atoms with Gasteiger partial charge in [-0.3, -0.25) is 14.4 Å². The van der Waals surface area contributed by atoms with Crippen molar-refractivity contribution in [3.63, 3.8) is 0 Å². The van der Waals surface area contributed by atoms with Gasteiger partial charge in [-0.2, -0.15) is 0 Å². The monoisotopic (exact) mass is 451 g/mol. The largest absolute Gasteiger partial charge is 0.484 e. The molecule has 1 fully saturated rings. The van der Waals surface area contributed by atoms with Crippen molar-refractivity contribution in [3.8, 4) is 5.75 Å². The molecule has 0 radical (unpaired) electrons. The van der Waals surface area contributed by atoms with E-state index in [1.54, 1.807) is 55.4 Å². The molecule has 0 aliphatic carbocycles. The third kappa shape index (κ3) is 6.12. The molecule has 1 saturated heterocycles. The molecule has 3 amide bonds. The summed E-state index contributed by atoms with van der Waals surface area (Å²) >= 11 is 0. The number of carbonyl (C=O) groups is 3. The van der Waals surface area contributed by atoms with Crippen LogP contribution < -0.4 is 10.1 Å². The summed E-state index contributed by atoms with van der Waals surface area (Å²) in [6.07, 6.45) is 3.20. The lowest BCUT2D eigenvalue weighted by Gasteiger charge is -2.38. The Morgan fingerprint density at radius 1 is 0.970 bits per heavy atom. The molecule has 3 rings (SSSR count). The summed E-state index contributed by atoms with van der Waals surface area (Å²) in [4.78, 5) is 40.6. The average Bonchev–Trinajstić information content (AvgIpc) is 2.82. The molecule has 33 heavy (non-hydrogen) atoms. The number of piperidine rings is 1. The van der Waals surface area contributed by atoms with E-state index < -0.39 is 0 Å². The van der Waals surface area contributed by atoms with Gasteiger partial charge in [0.05, 0.1) is 0 Å². The van der Waals surface area contributed by atoms with Gasteiger partial charge in [-0.05, 0) is 75.1 Å². The van der Waals surface area contributed by atoms with E-state index in [0.29, 0.717) is 23.4 Å². The van der Waals surface area contributed by atoms with Gasteiger partial charge in [0, 0.05) is 43.9 Å². The average molecular weight is 452 g/mol. The number of benzene rings is 2. The van der Waals surface area contributed by atoms with Gasteiger partial charge in [-0.25, -0.2) is 0 Å². The zero-order valence-corrected chi connectivity index (χ0v) is 19.8. The molecule has 2 aromatic rings. The van der Waals surface area contributed by atoms with Crippen LogP contribution in [0.5, 0.6) is 5.75 Å². The van der Waals surface area contributed by atoms with Gasteiger partial charge in [0.25, 0.3) is 17.7 Å². The summed E-state index contributed by atoms with van der Waals surface area (Å²) in [5.41, 5.74) is 2.04. The van der Waals surface area contributed by atoms with Gasteiger partial charge in [0.2, 0.25) is 0 Å². The predicted molar refractivity (Wildman–Crippen MR) is 127 cm³/mol. The molecule has 1 N–H and O–H groups in total. The second-order valence-corrected chi connectivity index (χ2v) is 8.68. The minimum atomic E-state index is -0.144. The molecule has 7 heteroatoms. The maximum absolute atomic E-state index is 12.8. The van der Waals surface area contributed by atoms with E-state index in [4.69, 9.17) is 4.74 Å². The number of hydrogen-bond donors (Lipinski definition) is 1. The van der Waals surface area contributed by atoms with Crippen LogP contribution in [0.15, 0.2) is 48.5 Å². The van der Waals surface area contributed by atoms with Crippen molar-refractivity contribution in [2.75, 3.05) is 20.7 Å². The minimum absolute atomic E-state index is 0.00276. The molecule has 1 heterocycles. The Morgan fingerprint density at radius 3 is 2.12 bits per heavy atom. The molecule has 0 aromatic heterocycles. The number of nitrogens with one attached hydrogen (secondary N) is 1. The fourth-order valence-corrected chi connectivity index (χ4v) is 4.30. The highest BCUT2D eigenvalue weighted by Gasteiger charge is 2.29. The summed E-state index contributed by atoms with van der Waals surface area (Å²) < 4.78 is 5.70. The molecule has 0 saturated carbocycles. The first kappa shape index (κ1) is 24.3. The quantitative estimate of drug-likeness (QED) is 0.699. The molecule has 1 aliphatic rings. The van der Waals surface area contributed by atoms with Crippen LogP contribution in [-0.2, 0) is 11.3 Å². The van der Waals surface area contributed by atoms with Crippen LogP contribution in [0.3, 0.4) is 0 Å². The van der Waals surface area contributed by atoms with Crippen molar-refractivity contribution < 1.29 is 19.1 Å². The van der Waals surface area contributed by atoms with Gasteiger partial charge >= 0.3 is 0 Å². The maximum atomic E-state index is 12.8. The van der Waals surface area contributed by atoms with E-state index in [9.17, 15) is 14.4 Å². The Bertz CT molecular complexity index is 962. The summed E-state index contributed by atoms with van der Waals surface area (Å²) in [5.74, 6) is 0.292. The fourth-order valence-electron chi connectivity index (χ4n) is 4.30. The Hall–Kier alpha value is -3.35. The Balaban J connectivity index is 1.54. The Kier molecular flexibility index (Phi) is 8.09. The molecule has 2 atom stereocenters. The second kappa shape index (κ2) is 11.0. The van der Waals surface area contributed by atoms with Crippen LogP contribution in [0.25, 0.3) is 0 Å². The number of hydrogen-bond acceptors (Lipinski definition) is 4. The maximum Gasteiger partial charge on any atom is 0.260 e. The highest BCUT2D eigenvalue weighted by molar-refractivity contribution is 5.94. The van der Waals surface area contributed by atoms with E-state index >= 15 is 0 Å². The van der Waals surface area contributed by atoms with Crippen LogP contribution in [0.2, 0.25) is 0 Å². The van der Waals surface area contributed by atoms with Crippen molar-refractivity contribution in [2.45, 2.75) is 51.7 Å². The minimum Gasteiger partial charge on any atom is -0.484 e. The van der Waals surface area contributed by atoms with Crippen molar-refractivity contribution in [3.05, 3.63) is 65.2 Å². The molecule has 7 nitrogen and oxygen atoms in total. The molecule has 0 bridgehead atoms. The van der Waals surface area contributed by atoms with E-state index in [1.807, 2.05) is 17.0 Å². The van der Waals surface area contributed by atoms with Crippen LogP contribution in [0.4, 0.5) is 0 Å². The van der Waals surface area contributed by atoms with E-state index in [1.165, 1.54) is 0 Å². The number of rotatable bonds is 7. The van der Waals surface area contributed by atoms with Crippen LogP contribution in [0, 0.1) is 0 Å². The number of carbonyl (C=O) groups excluding carboxylic acids is 3. The fraction of sp³-hybridized carbons (Fsp3) is 0.423. The first-order chi connectivity index (χ1) is 15.8. The van der Waals surface area contributed by atoms with Crippen molar-refractivity contribution in [1.29, 1.82) is 0 Å². The van der Waals surface area contributed by atoms with Gasteiger partial charge < -0.3 is 19.9 Å². The highest BCUT2D eigenvalue weighted by atomic mass is 16.5. The zero-order chi connectivity index (χ0) is 24.0. The molecule has 0 spiro atoms. The topological polar surface area (TPSA) is 79.0 Å². The molecule has 2 unspecified atom stereocenters. The van der Waals surface area contributed by atoms with Crippen LogP contribution in [0.1, 0.15) is 59.4 Å². The molecule has 2 aromatic carbocycles. The van der Waals surface area contributed by atoms with E-state index in [2.05, 4.69) is 19.2 Å². The van der Waals surface area contributed by atoms with Gasteiger partial charge in [-0.1, -0.05) is 12.1 Å². The first-order valence-corrected chi connectivity index (χ1v) is 11.4. The lowest BCUT2D eigenvalue weighted by atomic mass is 9.97. The van der Waals surface area contributed by atoms with Crippen molar-refractivity contribution >= 4 is 17.7 Å². The van der Waals surface area contributed by atoms with Gasteiger partial charge in [0.1, 0.15) is 5.75 Å². The normalized spacial score (nSPS) is 17.9. The first-order valence-electron chi connectivity index (χ1n) is 11.4.